The van der Waals surface area contributed by atoms with Gasteiger partial charge in [-0.3, -0.25) is 4.90 Å². The van der Waals surface area contributed by atoms with E-state index in [1.54, 1.807) is 13.2 Å². The summed E-state index contributed by atoms with van der Waals surface area (Å²) in [6.45, 7) is 4.77. The van der Waals surface area contributed by atoms with Crippen LogP contribution < -0.4 is 9.64 Å². The van der Waals surface area contributed by atoms with Crippen LogP contribution in [0.3, 0.4) is 0 Å². The number of benzene rings is 2. The van der Waals surface area contributed by atoms with Crippen LogP contribution in [0, 0.1) is 11.7 Å². The van der Waals surface area contributed by atoms with E-state index >= 15 is 0 Å². The number of ether oxygens (including phenoxy) is 2. The van der Waals surface area contributed by atoms with Crippen LogP contribution in [-0.4, -0.2) is 13.7 Å². The zero-order valence-corrected chi connectivity index (χ0v) is 15.3. The molecule has 1 saturated carbocycles. The standard InChI is InChI=1S/C22H26FNO2/c1-17(26-16-18-7-4-3-5-8-18)24(21-10-6-9-19(23)15-21)20-11-13-22(25-2)14-12-20/h6,9-15,18H,1,3-5,7-8,16H2,2H3. The molecule has 0 heterocycles. The third kappa shape index (κ3) is 4.57. The summed E-state index contributed by atoms with van der Waals surface area (Å²) in [4.78, 5) is 1.84. The highest BCUT2D eigenvalue weighted by Gasteiger charge is 2.18. The summed E-state index contributed by atoms with van der Waals surface area (Å²) in [5, 5.41) is 0. The Morgan fingerprint density at radius 3 is 2.46 bits per heavy atom. The number of methoxy groups -OCH3 is 1. The molecule has 1 aliphatic carbocycles. The summed E-state index contributed by atoms with van der Waals surface area (Å²) in [6, 6.07) is 14.0. The second-order valence-corrected chi connectivity index (χ2v) is 6.72. The predicted molar refractivity (Wildman–Crippen MR) is 103 cm³/mol. The first-order valence-electron chi connectivity index (χ1n) is 9.19. The molecule has 0 bridgehead atoms. The Labute approximate surface area is 155 Å². The molecule has 138 valence electrons. The van der Waals surface area contributed by atoms with Crippen LogP contribution in [0.1, 0.15) is 32.1 Å². The van der Waals surface area contributed by atoms with Gasteiger partial charge in [-0.25, -0.2) is 4.39 Å². The zero-order chi connectivity index (χ0) is 18.4. The third-order valence-corrected chi connectivity index (χ3v) is 4.86. The summed E-state index contributed by atoms with van der Waals surface area (Å²) >= 11 is 0. The molecule has 0 amide bonds. The Hall–Kier alpha value is -2.49. The van der Waals surface area contributed by atoms with Crippen molar-refractivity contribution in [2.45, 2.75) is 32.1 Å². The van der Waals surface area contributed by atoms with Gasteiger partial charge in [0.25, 0.3) is 0 Å². The van der Waals surface area contributed by atoms with Crippen molar-refractivity contribution in [2.24, 2.45) is 5.92 Å². The van der Waals surface area contributed by atoms with Crippen LogP contribution in [0.15, 0.2) is 61.0 Å². The van der Waals surface area contributed by atoms with Gasteiger partial charge in [-0.2, -0.15) is 0 Å². The predicted octanol–water partition coefficient (Wildman–Crippen LogP) is 6.04. The molecule has 2 aromatic rings. The molecule has 0 atom stereocenters. The fourth-order valence-corrected chi connectivity index (χ4v) is 3.42. The molecular formula is C22H26FNO2. The van der Waals surface area contributed by atoms with Crippen molar-refractivity contribution in [1.29, 1.82) is 0 Å². The topological polar surface area (TPSA) is 21.7 Å². The van der Waals surface area contributed by atoms with Crippen LogP contribution in [0.4, 0.5) is 15.8 Å². The maximum Gasteiger partial charge on any atom is 0.191 e. The normalized spacial score (nSPS) is 14.7. The van der Waals surface area contributed by atoms with E-state index in [1.165, 1.54) is 44.2 Å². The zero-order valence-electron chi connectivity index (χ0n) is 15.3. The van der Waals surface area contributed by atoms with Crippen LogP contribution in [-0.2, 0) is 4.74 Å². The average molecular weight is 355 g/mol. The van der Waals surface area contributed by atoms with E-state index in [1.807, 2.05) is 35.2 Å². The van der Waals surface area contributed by atoms with Crippen molar-refractivity contribution in [3.8, 4) is 5.75 Å². The Bertz CT molecular complexity index is 723. The number of anilines is 2. The minimum Gasteiger partial charge on any atom is -0.497 e. The molecule has 0 radical (unpaired) electrons. The maximum absolute atomic E-state index is 13.8. The lowest BCUT2D eigenvalue weighted by Gasteiger charge is -2.29. The second kappa shape index (κ2) is 8.75. The molecular weight excluding hydrogens is 329 g/mol. The first-order chi connectivity index (χ1) is 12.7. The molecule has 1 aliphatic rings. The molecule has 26 heavy (non-hydrogen) atoms. The minimum absolute atomic E-state index is 0.291. The Balaban J connectivity index is 1.80. The molecule has 2 aromatic carbocycles. The Kier molecular flexibility index (Phi) is 6.16. The number of hydrogen-bond acceptors (Lipinski definition) is 3. The summed E-state index contributed by atoms with van der Waals surface area (Å²) in [7, 11) is 1.63. The fourth-order valence-electron chi connectivity index (χ4n) is 3.42. The largest absolute Gasteiger partial charge is 0.497 e. The van der Waals surface area contributed by atoms with Crippen LogP contribution in [0.2, 0.25) is 0 Å². The Morgan fingerprint density at radius 1 is 1.08 bits per heavy atom. The van der Waals surface area contributed by atoms with Gasteiger partial charge in [0.15, 0.2) is 5.88 Å². The van der Waals surface area contributed by atoms with Crippen molar-refractivity contribution >= 4 is 11.4 Å². The highest BCUT2D eigenvalue weighted by Crippen LogP contribution is 2.32. The van der Waals surface area contributed by atoms with Gasteiger partial charge in [-0.1, -0.05) is 25.3 Å². The highest BCUT2D eigenvalue weighted by molar-refractivity contribution is 5.67. The summed E-state index contributed by atoms with van der Waals surface area (Å²) in [6.07, 6.45) is 6.27. The third-order valence-electron chi connectivity index (χ3n) is 4.86. The summed E-state index contributed by atoms with van der Waals surface area (Å²) < 4.78 is 25.0. The van der Waals surface area contributed by atoms with Gasteiger partial charge in [0.1, 0.15) is 11.6 Å². The molecule has 1 fully saturated rings. The van der Waals surface area contributed by atoms with Gasteiger partial charge >= 0.3 is 0 Å². The van der Waals surface area contributed by atoms with E-state index in [-0.39, 0.29) is 5.82 Å². The quantitative estimate of drug-likeness (QED) is 0.565. The van der Waals surface area contributed by atoms with Crippen LogP contribution >= 0.6 is 0 Å². The fraction of sp³-hybridized carbons (Fsp3) is 0.364. The minimum atomic E-state index is -0.291. The van der Waals surface area contributed by atoms with Crippen LogP contribution in [0.25, 0.3) is 0 Å². The number of nitrogens with zero attached hydrogens (tertiary/aromatic N) is 1. The lowest BCUT2D eigenvalue weighted by Crippen LogP contribution is -2.21. The molecule has 0 aromatic heterocycles. The van der Waals surface area contributed by atoms with Crippen molar-refractivity contribution < 1.29 is 13.9 Å². The van der Waals surface area contributed by atoms with E-state index in [4.69, 9.17) is 9.47 Å². The van der Waals surface area contributed by atoms with Gasteiger partial charge < -0.3 is 9.47 Å². The molecule has 0 spiro atoms. The first-order valence-corrected chi connectivity index (χ1v) is 9.19. The van der Waals surface area contributed by atoms with Gasteiger partial charge in [0, 0.05) is 5.69 Å². The smallest absolute Gasteiger partial charge is 0.191 e. The lowest BCUT2D eigenvalue weighted by atomic mass is 9.90. The van der Waals surface area contributed by atoms with Crippen molar-refractivity contribution in [3.63, 3.8) is 0 Å². The summed E-state index contributed by atoms with van der Waals surface area (Å²) in [5.41, 5.74) is 1.54. The van der Waals surface area contributed by atoms with Gasteiger partial charge in [-0.15, -0.1) is 0 Å². The first kappa shape index (κ1) is 18.3. The molecule has 0 unspecified atom stereocenters. The molecule has 3 rings (SSSR count). The van der Waals surface area contributed by atoms with Crippen molar-refractivity contribution in [3.05, 3.63) is 66.8 Å². The number of hydrogen-bond donors (Lipinski definition) is 0. The number of rotatable bonds is 7. The Morgan fingerprint density at radius 2 is 1.81 bits per heavy atom. The molecule has 3 nitrogen and oxygen atoms in total. The van der Waals surface area contributed by atoms with Gasteiger partial charge in [0.2, 0.25) is 0 Å². The van der Waals surface area contributed by atoms with E-state index < -0.39 is 0 Å². The second-order valence-electron chi connectivity index (χ2n) is 6.72. The van der Waals surface area contributed by atoms with E-state index in [0.717, 1.165) is 11.4 Å². The van der Waals surface area contributed by atoms with Gasteiger partial charge in [0.05, 0.1) is 19.4 Å². The van der Waals surface area contributed by atoms with E-state index in [0.29, 0.717) is 24.1 Å². The SMILES string of the molecule is C=C(OCC1CCCCC1)N(c1ccc(OC)cc1)c1cccc(F)c1. The van der Waals surface area contributed by atoms with E-state index in [9.17, 15) is 4.39 Å². The monoisotopic (exact) mass is 355 g/mol. The highest BCUT2D eigenvalue weighted by atomic mass is 19.1. The van der Waals surface area contributed by atoms with Crippen molar-refractivity contribution in [2.75, 3.05) is 18.6 Å². The molecule has 0 saturated heterocycles. The maximum atomic E-state index is 13.8. The molecule has 0 N–H and O–H groups in total. The van der Waals surface area contributed by atoms with Crippen molar-refractivity contribution in [1.82, 2.24) is 0 Å². The van der Waals surface area contributed by atoms with E-state index in [2.05, 4.69) is 6.58 Å². The molecule has 4 heteroatoms. The number of halogens is 1. The van der Waals surface area contributed by atoms with Gasteiger partial charge in [-0.05, 0) is 67.8 Å². The van der Waals surface area contributed by atoms with Crippen LogP contribution in [0.5, 0.6) is 5.75 Å². The lowest BCUT2D eigenvalue weighted by molar-refractivity contribution is 0.141. The molecule has 0 aliphatic heterocycles. The summed E-state index contributed by atoms with van der Waals surface area (Å²) in [5.74, 6) is 1.56. The average Bonchev–Trinajstić information content (AvgIpc) is 2.68.